The van der Waals surface area contributed by atoms with Crippen molar-refractivity contribution in [1.82, 2.24) is 4.98 Å². The molecule has 26 heavy (non-hydrogen) atoms. The number of ether oxygens (including phenoxy) is 2. The van der Waals surface area contributed by atoms with E-state index in [1.807, 2.05) is 30.3 Å². The average molecular weight is 373 g/mol. The Morgan fingerprint density at radius 1 is 1.31 bits per heavy atom. The fourth-order valence-corrected chi connectivity index (χ4v) is 3.19. The van der Waals surface area contributed by atoms with Crippen molar-refractivity contribution >= 4 is 38.3 Å². The van der Waals surface area contributed by atoms with Gasteiger partial charge in [-0.3, -0.25) is 14.9 Å². The third-order valence-corrected chi connectivity index (χ3v) is 4.38. The van der Waals surface area contributed by atoms with Crippen molar-refractivity contribution in [3.63, 3.8) is 0 Å². The molecule has 8 nitrogen and oxygen atoms in total. The monoisotopic (exact) mass is 373 g/mol. The number of nitro groups is 1. The zero-order chi connectivity index (χ0) is 18.5. The highest BCUT2D eigenvalue weighted by Crippen LogP contribution is 2.36. The number of non-ortho nitro benzene ring substituents is 1. The van der Waals surface area contributed by atoms with Gasteiger partial charge in [-0.2, -0.15) is 0 Å². The fourth-order valence-electron chi connectivity index (χ4n) is 2.26. The van der Waals surface area contributed by atoms with Crippen molar-refractivity contribution in [1.29, 1.82) is 0 Å². The van der Waals surface area contributed by atoms with E-state index < -0.39 is 4.92 Å². The molecule has 1 heterocycles. The number of fused-ring (bicyclic) bond motifs is 1. The molecule has 0 atom stereocenters. The molecule has 0 radical (unpaired) electrons. The largest absolute Gasteiger partial charge is 0.494 e. The van der Waals surface area contributed by atoms with Crippen LogP contribution in [0.25, 0.3) is 10.2 Å². The van der Waals surface area contributed by atoms with Crippen LogP contribution in [0.2, 0.25) is 0 Å². The van der Waals surface area contributed by atoms with Crippen molar-refractivity contribution in [2.45, 2.75) is 6.42 Å². The standard InChI is InChI=1S/C17H15N3O5S/c1-24-13-9-11(20(22)23)10-14-16(13)19-17(26-14)18-15(21)7-8-25-12-5-3-2-4-6-12/h2-6,9-10H,7-8H2,1H3,(H,18,19,21). The Morgan fingerprint density at radius 3 is 2.77 bits per heavy atom. The lowest BCUT2D eigenvalue weighted by Gasteiger charge is -2.05. The van der Waals surface area contributed by atoms with Gasteiger partial charge in [0.1, 0.15) is 11.3 Å². The Hall–Kier alpha value is -3.20. The maximum atomic E-state index is 12.0. The first-order chi connectivity index (χ1) is 12.6. The van der Waals surface area contributed by atoms with Gasteiger partial charge in [-0.05, 0) is 12.1 Å². The predicted octanol–water partition coefficient (Wildman–Crippen LogP) is 3.62. The number of aromatic nitrogens is 1. The second-order valence-corrected chi connectivity index (χ2v) is 6.26. The number of hydrogen-bond acceptors (Lipinski definition) is 7. The van der Waals surface area contributed by atoms with E-state index in [9.17, 15) is 14.9 Å². The van der Waals surface area contributed by atoms with Crippen LogP contribution in [0.15, 0.2) is 42.5 Å². The van der Waals surface area contributed by atoms with Crippen molar-refractivity contribution in [2.75, 3.05) is 19.0 Å². The summed E-state index contributed by atoms with van der Waals surface area (Å²) in [5.74, 6) is 0.726. The topological polar surface area (TPSA) is 104 Å². The molecule has 3 aromatic rings. The smallest absolute Gasteiger partial charge is 0.274 e. The minimum Gasteiger partial charge on any atom is -0.494 e. The van der Waals surface area contributed by atoms with E-state index in [-0.39, 0.29) is 24.6 Å². The van der Waals surface area contributed by atoms with Gasteiger partial charge in [0, 0.05) is 6.07 Å². The fraction of sp³-hybridized carbons (Fsp3) is 0.176. The van der Waals surface area contributed by atoms with Crippen LogP contribution in [0.1, 0.15) is 6.42 Å². The van der Waals surface area contributed by atoms with Crippen molar-refractivity contribution in [3.05, 3.63) is 52.6 Å². The molecule has 0 fully saturated rings. The Balaban J connectivity index is 1.66. The van der Waals surface area contributed by atoms with Crippen LogP contribution in [0.3, 0.4) is 0 Å². The van der Waals surface area contributed by atoms with E-state index in [2.05, 4.69) is 10.3 Å². The van der Waals surface area contributed by atoms with Crippen molar-refractivity contribution in [3.8, 4) is 11.5 Å². The zero-order valence-corrected chi connectivity index (χ0v) is 14.6. The van der Waals surface area contributed by atoms with Crippen LogP contribution in [-0.4, -0.2) is 29.5 Å². The summed E-state index contributed by atoms with van der Waals surface area (Å²) in [5, 5.41) is 14.0. The van der Waals surface area contributed by atoms with Gasteiger partial charge in [0.25, 0.3) is 5.69 Å². The van der Waals surface area contributed by atoms with Crippen LogP contribution < -0.4 is 14.8 Å². The third-order valence-electron chi connectivity index (χ3n) is 3.46. The molecule has 0 spiro atoms. The van der Waals surface area contributed by atoms with Gasteiger partial charge in [0.05, 0.1) is 35.8 Å². The number of para-hydroxylation sites is 1. The predicted molar refractivity (Wildman–Crippen MR) is 98.0 cm³/mol. The lowest BCUT2D eigenvalue weighted by Crippen LogP contribution is -2.15. The summed E-state index contributed by atoms with van der Waals surface area (Å²) < 4.78 is 11.2. The van der Waals surface area contributed by atoms with E-state index >= 15 is 0 Å². The van der Waals surface area contributed by atoms with E-state index in [1.54, 1.807) is 0 Å². The molecule has 0 aliphatic heterocycles. The van der Waals surface area contributed by atoms with Gasteiger partial charge in [0.15, 0.2) is 10.9 Å². The summed E-state index contributed by atoms with van der Waals surface area (Å²) in [6.07, 6.45) is 0.155. The number of benzene rings is 2. The molecule has 0 bridgehead atoms. The average Bonchev–Trinajstić information content (AvgIpc) is 3.03. The number of carbonyl (C=O) groups is 1. The molecule has 134 valence electrons. The lowest BCUT2D eigenvalue weighted by molar-refractivity contribution is -0.384. The maximum Gasteiger partial charge on any atom is 0.274 e. The molecule has 0 aliphatic carbocycles. The van der Waals surface area contributed by atoms with Crippen molar-refractivity contribution < 1.29 is 19.2 Å². The molecule has 0 unspecified atom stereocenters. The molecule has 0 saturated heterocycles. The highest BCUT2D eigenvalue weighted by Gasteiger charge is 2.17. The van der Waals surface area contributed by atoms with Crippen molar-refractivity contribution in [2.24, 2.45) is 0 Å². The second-order valence-electron chi connectivity index (χ2n) is 5.23. The minimum absolute atomic E-state index is 0.0906. The van der Waals surface area contributed by atoms with Gasteiger partial charge in [0.2, 0.25) is 5.91 Å². The number of nitrogens with zero attached hydrogens (tertiary/aromatic N) is 2. The maximum absolute atomic E-state index is 12.0. The molecule has 3 rings (SSSR count). The Kier molecular flexibility index (Phi) is 5.28. The SMILES string of the molecule is COc1cc([N+](=O)[O-])cc2sc(NC(=O)CCOc3ccccc3)nc12. The first kappa shape index (κ1) is 17.6. The molecule has 1 aromatic heterocycles. The number of anilines is 1. The molecular weight excluding hydrogens is 358 g/mol. The number of nitro benzene ring substituents is 1. The molecular formula is C17H15N3O5S. The minimum atomic E-state index is -0.499. The van der Waals surface area contributed by atoms with E-state index in [1.165, 1.54) is 19.2 Å². The summed E-state index contributed by atoms with van der Waals surface area (Å²) >= 11 is 1.15. The van der Waals surface area contributed by atoms with Crippen LogP contribution in [0.5, 0.6) is 11.5 Å². The summed E-state index contributed by atoms with van der Waals surface area (Å²) in [5.41, 5.74) is 0.381. The molecule has 0 saturated carbocycles. The third kappa shape index (κ3) is 4.06. The quantitative estimate of drug-likeness (QED) is 0.501. The zero-order valence-electron chi connectivity index (χ0n) is 13.8. The van der Waals surface area contributed by atoms with Gasteiger partial charge < -0.3 is 14.8 Å². The van der Waals surface area contributed by atoms with E-state index in [4.69, 9.17) is 9.47 Å². The van der Waals surface area contributed by atoms with E-state index in [0.717, 1.165) is 11.3 Å². The van der Waals surface area contributed by atoms with Crippen LogP contribution in [0.4, 0.5) is 10.8 Å². The van der Waals surface area contributed by atoms with Crippen LogP contribution in [0, 0.1) is 10.1 Å². The Bertz CT molecular complexity index is 942. The van der Waals surface area contributed by atoms with Gasteiger partial charge in [-0.1, -0.05) is 29.5 Å². The molecule has 0 aliphatic rings. The molecule has 9 heteroatoms. The highest BCUT2D eigenvalue weighted by atomic mass is 32.1. The number of methoxy groups -OCH3 is 1. The molecule has 1 N–H and O–H groups in total. The van der Waals surface area contributed by atoms with Gasteiger partial charge >= 0.3 is 0 Å². The van der Waals surface area contributed by atoms with Crippen LogP contribution in [-0.2, 0) is 4.79 Å². The first-order valence-corrected chi connectivity index (χ1v) is 8.49. The van der Waals surface area contributed by atoms with E-state index in [0.29, 0.717) is 26.8 Å². The summed E-state index contributed by atoms with van der Waals surface area (Å²) in [6, 6.07) is 11.9. The number of amides is 1. The normalized spacial score (nSPS) is 10.5. The summed E-state index contributed by atoms with van der Waals surface area (Å²) in [7, 11) is 1.41. The Labute approximate surface area is 152 Å². The lowest BCUT2D eigenvalue weighted by atomic mass is 10.3. The number of thiazole rings is 1. The molecule has 2 aromatic carbocycles. The molecule has 1 amide bonds. The number of nitrogens with one attached hydrogen (secondary N) is 1. The summed E-state index contributed by atoms with van der Waals surface area (Å²) in [6.45, 7) is 0.232. The second kappa shape index (κ2) is 7.79. The Morgan fingerprint density at radius 2 is 2.08 bits per heavy atom. The number of hydrogen-bond donors (Lipinski definition) is 1. The summed E-state index contributed by atoms with van der Waals surface area (Å²) in [4.78, 5) is 26.8. The highest BCUT2D eigenvalue weighted by molar-refractivity contribution is 7.22. The number of carbonyl (C=O) groups excluding carboxylic acids is 1. The van der Waals surface area contributed by atoms with Crippen LogP contribution >= 0.6 is 11.3 Å². The van der Waals surface area contributed by atoms with Gasteiger partial charge in [-0.15, -0.1) is 0 Å². The first-order valence-electron chi connectivity index (χ1n) is 7.67. The van der Waals surface area contributed by atoms with Gasteiger partial charge in [-0.25, -0.2) is 4.98 Å². The number of rotatable bonds is 7.